The van der Waals surface area contributed by atoms with Crippen LogP contribution in [0.5, 0.6) is 0 Å². The highest BCUT2D eigenvalue weighted by Crippen LogP contribution is 2.24. The second-order valence-electron chi connectivity index (χ2n) is 3.19. The number of rotatable bonds is 4. The lowest BCUT2D eigenvalue weighted by Crippen LogP contribution is -2.31. The maximum absolute atomic E-state index is 12.9. The zero-order chi connectivity index (χ0) is 8.20. The van der Waals surface area contributed by atoms with Gasteiger partial charge in [0.1, 0.15) is 6.17 Å². The molecular formula is C7H16FNO. The predicted molar refractivity (Wildman–Crippen MR) is 39.4 cm³/mol. The molecule has 10 heavy (non-hydrogen) atoms. The quantitative estimate of drug-likeness (QED) is 0.617. The van der Waals surface area contributed by atoms with Crippen molar-refractivity contribution in [1.29, 1.82) is 0 Å². The third kappa shape index (κ3) is 2.62. The van der Waals surface area contributed by atoms with Gasteiger partial charge in [0, 0.05) is 5.41 Å². The Hall–Kier alpha value is -0.150. The molecule has 1 unspecified atom stereocenters. The van der Waals surface area contributed by atoms with Crippen LogP contribution < -0.4 is 5.73 Å². The number of alkyl halides is 1. The van der Waals surface area contributed by atoms with Crippen LogP contribution in [0, 0.1) is 5.41 Å². The molecule has 3 N–H and O–H groups in total. The molecule has 0 amide bonds. The minimum atomic E-state index is -0.998. The van der Waals surface area contributed by atoms with Gasteiger partial charge in [-0.2, -0.15) is 0 Å². The molecule has 0 aromatic rings. The van der Waals surface area contributed by atoms with Crippen molar-refractivity contribution < 1.29 is 9.50 Å². The Balaban J connectivity index is 3.78. The smallest absolute Gasteiger partial charge is 0.109 e. The van der Waals surface area contributed by atoms with Crippen molar-refractivity contribution in [1.82, 2.24) is 0 Å². The normalized spacial score (nSPS) is 15.3. The third-order valence-corrected chi connectivity index (χ3v) is 1.68. The van der Waals surface area contributed by atoms with Crippen molar-refractivity contribution in [3.05, 3.63) is 0 Å². The van der Waals surface area contributed by atoms with Gasteiger partial charge in [-0.25, -0.2) is 4.39 Å². The van der Waals surface area contributed by atoms with Gasteiger partial charge in [0.2, 0.25) is 0 Å². The Kier molecular flexibility index (Phi) is 3.83. The maximum Gasteiger partial charge on any atom is 0.109 e. The number of nitrogens with two attached hydrogens (primary N) is 1. The van der Waals surface area contributed by atoms with Crippen LogP contribution in [0.3, 0.4) is 0 Å². The van der Waals surface area contributed by atoms with E-state index in [1.54, 1.807) is 13.8 Å². The van der Waals surface area contributed by atoms with Gasteiger partial charge in [0.05, 0.1) is 6.61 Å². The first kappa shape index (κ1) is 9.85. The molecule has 0 aliphatic heterocycles. The molecule has 0 radical (unpaired) electrons. The van der Waals surface area contributed by atoms with Crippen LogP contribution in [-0.4, -0.2) is 24.4 Å². The highest BCUT2D eigenvalue weighted by Gasteiger charge is 2.27. The fourth-order valence-corrected chi connectivity index (χ4v) is 0.636. The Morgan fingerprint density at radius 2 is 2.10 bits per heavy atom. The van der Waals surface area contributed by atoms with E-state index in [0.29, 0.717) is 13.0 Å². The zero-order valence-corrected chi connectivity index (χ0v) is 6.60. The molecule has 0 spiro atoms. The number of hydrogen-bond acceptors (Lipinski definition) is 2. The van der Waals surface area contributed by atoms with E-state index in [4.69, 9.17) is 10.8 Å². The molecule has 0 fully saturated rings. The zero-order valence-electron chi connectivity index (χ0n) is 6.60. The van der Waals surface area contributed by atoms with Crippen molar-refractivity contribution in [3.63, 3.8) is 0 Å². The summed E-state index contributed by atoms with van der Waals surface area (Å²) < 4.78 is 12.9. The minimum absolute atomic E-state index is 0.131. The van der Waals surface area contributed by atoms with Crippen LogP contribution in [0.4, 0.5) is 4.39 Å². The van der Waals surface area contributed by atoms with Crippen molar-refractivity contribution in [2.75, 3.05) is 13.2 Å². The highest BCUT2D eigenvalue weighted by molar-refractivity contribution is 4.77. The molecule has 1 atom stereocenters. The van der Waals surface area contributed by atoms with Crippen molar-refractivity contribution in [2.45, 2.75) is 26.4 Å². The molecule has 0 saturated carbocycles. The molecule has 0 aromatic carbocycles. The first-order valence-corrected chi connectivity index (χ1v) is 3.49. The van der Waals surface area contributed by atoms with E-state index in [1.165, 1.54) is 0 Å². The van der Waals surface area contributed by atoms with Crippen molar-refractivity contribution in [2.24, 2.45) is 11.1 Å². The molecule has 0 heterocycles. The van der Waals surface area contributed by atoms with Gasteiger partial charge in [0.15, 0.2) is 0 Å². The molecule has 0 bridgehead atoms. The predicted octanol–water partition coefficient (Wildman–Crippen LogP) is 0.692. The molecule has 0 saturated heterocycles. The summed E-state index contributed by atoms with van der Waals surface area (Å²) in [5, 5.41) is 8.71. The van der Waals surface area contributed by atoms with Gasteiger partial charge in [-0.3, -0.25) is 0 Å². The Labute approximate surface area is 61.2 Å². The summed E-state index contributed by atoms with van der Waals surface area (Å²) in [5.74, 6) is 0. The lowest BCUT2D eigenvalue weighted by atomic mass is 9.87. The Morgan fingerprint density at radius 1 is 1.60 bits per heavy atom. The summed E-state index contributed by atoms with van der Waals surface area (Å²) in [6, 6.07) is 0. The fourth-order valence-electron chi connectivity index (χ4n) is 0.636. The van der Waals surface area contributed by atoms with Gasteiger partial charge in [-0.05, 0) is 13.0 Å². The second-order valence-corrected chi connectivity index (χ2v) is 3.19. The summed E-state index contributed by atoms with van der Waals surface area (Å²) in [4.78, 5) is 0. The van der Waals surface area contributed by atoms with Gasteiger partial charge >= 0.3 is 0 Å². The Bertz CT molecular complexity index is 95.6. The summed E-state index contributed by atoms with van der Waals surface area (Å²) >= 11 is 0. The van der Waals surface area contributed by atoms with Crippen molar-refractivity contribution >= 4 is 0 Å². The van der Waals surface area contributed by atoms with Gasteiger partial charge in [-0.15, -0.1) is 0 Å². The standard InChI is InChI=1S/C7H16FNO/c1-7(2,5-10)6(8)3-4-9/h6,10H,3-5,9H2,1-2H3. The molecule has 0 aromatic heterocycles. The van der Waals surface area contributed by atoms with Crippen LogP contribution in [0.25, 0.3) is 0 Å². The Morgan fingerprint density at radius 3 is 2.40 bits per heavy atom. The van der Waals surface area contributed by atoms with Crippen LogP contribution in [0.1, 0.15) is 20.3 Å². The average molecular weight is 149 g/mol. The molecule has 0 aliphatic rings. The molecule has 0 aliphatic carbocycles. The topological polar surface area (TPSA) is 46.2 Å². The number of halogens is 1. The maximum atomic E-state index is 12.9. The third-order valence-electron chi connectivity index (χ3n) is 1.68. The van der Waals surface area contributed by atoms with E-state index in [-0.39, 0.29) is 6.61 Å². The van der Waals surface area contributed by atoms with E-state index < -0.39 is 11.6 Å². The van der Waals surface area contributed by atoms with Gasteiger partial charge in [0.25, 0.3) is 0 Å². The molecular weight excluding hydrogens is 133 g/mol. The highest BCUT2D eigenvalue weighted by atomic mass is 19.1. The number of hydrogen-bond donors (Lipinski definition) is 2. The summed E-state index contributed by atoms with van der Waals surface area (Å²) in [6.07, 6.45) is -0.671. The lowest BCUT2D eigenvalue weighted by Gasteiger charge is -2.25. The van der Waals surface area contributed by atoms with E-state index >= 15 is 0 Å². The van der Waals surface area contributed by atoms with E-state index in [1.807, 2.05) is 0 Å². The average Bonchev–Trinajstić information content (AvgIpc) is 1.89. The first-order valence-electron chi connectivity index (χ1n) is 3.49. The van der Waals surface area contributed by atoms with Gasteiger partial charge in [-0.1, -0.05) is 13.8 Å². The lowest BCUT2D eigenvalue weighted by molar-refractivity contribution is 0.0632. The fraction of sp³-hybridized carbons (Fsp3) is 1.00. The van der Waals surface area contributed by atoms with Crippen LogP contribution in [0.15, 0.2) is 0 Å². The number of aliphatic hydroxyl groups is 1. The minimum Gasteiger partial charge on any atom is -0.396 e. The van der Waals surface area contributed by atoms with E-state index in [0.717, 1.165) is 0 Å². The van der Waals surface area contributed by atoms with Crippen LogP contribution >= 0.6 is 0 Å². The van der Waals surface area contributed by atoms with E-state index in [9.17, 15) is 4.39 Å². The summed E-state index contributed by atoms with van der Waals surface area (Å²) in [6.45, 7) is 3.58. The second kappa shape index (κ2) is 3.88. The molecule has 2 nitrogen and oxygen atoms in total. The molecule has 62 valence electrons. The molecule has 3 heteroatoms. The summed E-state index contributed by atoms with van der Waals surface area (Å²) in [5.41, 5.74) is 4.52. The monoisotopic (exact) mass is 149 g/mol. The van der Waals surface area contributed by atoms with Crippen LogP contribution in [0.2, 0.25) is 0 Å². The largest absolute Gasteiger partial charge is 0.396 e. The van der Waals surface area contributed by atoms with Crippen LogP contribution in [-0.2, 0) is 0 Å². The SMILES string of the molecule is CC(C)(CO)C(F)CCN. The summed E-state index contributed by atoms with van der Waals surface area (Å²) in [7, 11) is 0. The van der Waals surface area contributed by atoms with E-state index in [2.05, 4.69) is 0 Å². The van der Waals surface area contributed by atoms with Crippen molar-refractivity contribution in [3.8, 4) is 0 Å². The first-order chi connectivity index (χ1) is 4.54. The molecule has 0 rings (SSSR count). The van der Waals surface area contributed by atoms with Gasteiger partial charge < -0.3 is 10.8 Å². The number of aliphatic hydroxyl groups excluding tert-OH is 1.